The molecule has 0 aliphatic rings. The number of nitrogens with one attached hydrogen (secondary N) is 1. The predicted octanol–water partition coefficient (Wildman–Crippen LogP) is 1.87. The van der Waals surface area contributed by atoms with E-state index >= 15 is 0 Å². The molecule has 0 aromatic rings. The van der Waals surface area contributed by atoms with Crippen molar-refractivity contribution in [2.75, 3.05) is 0 Å². The summed E-state index contributed by atoms with van der Waals surface area (Å²) >= 11 is 0. The number of carbonyl (C=O) groups is 1. The van der Waals surface area contributed by atoms with E-state index in [-0.39, 0.29) is 12.0 Å². The summed E-state index contributed by atoms with van der Waals surface area (Å²) in [5, 5.41) is 12.1. The van der Waals surface area contributed by atoms with Gasteiger partial charge in [-0.15, -0.1) is 0 Å². The average molecular weight is 187 g/mol. The molecule has 78 valence electrons. The van der Waals surface area contributed by atoms with E-state index in [1.54, 1.807) is 6.92 Å². The molecule has 0 aromatic heterocycles. The van der Waals surface area contributed by atoms with Gasteiger partial charge in [-0.2, -0.15) is 0 Å². The Morgan fingerprint density at radius 2 is 1.77 bits per heavy atom. The van der Waals surface area contributed by atoms with Gasteiger partial charge in [0.25, 0.3) is 0 Å². The Kier molecular flexibility index (Phi) is 5.71. The first-order valence-electron chi connectivity index (χ1n) is 5.01. The molecule has 3 heteroatoms. The minimum Gasteiger partial charge on any atom is -0.481 e. The summed E-state index contributed by atoms with van der Waals surface area (Å²) in [6.07, 6.45) is 2.10. The van der Waals surface area contributed by atoms with Crippen LogP contribution in [0.2, 0.25) is 0 Å². The quantitative estimate of drug-likeness (QED) is 0.667. The molecule has 0 radical (unpaired) electrons. The number of hydrogen-bond acceptors (Lipinski definition) is 2. The van der Waals surface area contributed by atoms with Crippen molar-refractivity contribution >= 4 is 5.97 Å². The Labute approximate surface area is 80.5 Å². The number of hydrogen-bond donors (Lipinski definition) is 2. The van der Waals surface area contributed by atoms with Crippen LogP contribution in [-0.2, 0) is 4.79 Å². The molecule has 2 atom stereocenters. The molecule has 0 heterocycles. The molecule has 3 nitrogen and oxygen atoms in total. The highest BCUT2D eigenvalue weighted by Crippen LogP contribution is 2.06. The lowest BCUT2D eigenvalue weighted by molar-refractivity contribution is -0.142. The van der Waals surface area contributed by atoms with Crippen molar-refractivity contribution in [1.82, 2.24) is 5.32 Å². The van der Waals surface area contributed by atoms with E-state index in [4.69, 9.17) is 5.11 Å². The summed E-state index contributed by atoms with van der Waals surface area (Å²) in [5.74, 6) is -1.05. The van der Waals surface area contributed by atoms with E-state index in [9.17, 15) is 4.79 Å². The molecule has 0 spiro atoms. The second-order valence-corrected chi connectivity index (χ2v) is 3.60. The highest BCUT2D eigenvalue weighted by molar-refractivity contribution is 5.70. The van der Waals surface area contributed by atoms with E-state index in [1.165, 1.54) is 0 Å². The Bertz CT molecular complexity index is 155. The standard InChI is InChI=1S/C10H21NO2/c1-5-9(6-2)11-8(4)7(3)10(12)13/h7-9,11H,5-6H2,1-4H3,(H,12,13). The molecular formula is C10H21NO2. The molecule has 0 aliphatic heterocycles. The summed E-state index contributed by atoms with van der Waals surface area (Å²) in [5.41, 5.74) is 0. The summed E-state index contributed by atoms with van der Waals surface area (Å²) in [6, 6.07) is 0.485. The van der Waals surface area contributed by atoms with Gasteiger partial charge in [0.05, 0.1) is 5.92 Å². The van der Waals surface area contributed by atoms with Crippen LogP contribution in [-0.4, -0.2) is 23.2 Å². The molecule has 0 amide bonds. The molecule has 0 fully saturated rings. The number of aliphatic carboxylic acids is 1. The van der Waals surface area contributed by atoms with Crippen LogP contribution in [0.15, 0.2) is 0 Å². The first-order chi connectivity index (χ1) is 6.02. The van der Waals surface area contributed by atoms with E-state index in [2.05, 4.69) is 19.2 Å². The molecular weight excluding hydrogens is 166 g/mol. The molecule has 0 rings (SSSR count). The lowest BCUT2D eigenvalue weighted by Gasteiger charge is -2.23. The number of carboxylic acid groups (broad SMARTS) is 1. The Hall–Kier alpha value is -0.570. The van der Waals surface area contributed by atoms with Gasteiger partial charge in [0.1, 0.15) is 0 Å². The molecule has 0 aromatic carbocycles. The maximum atomic E-state index is 10.7. The highest BCUT2D eigenvalue weighted by atomic mass is 16.4. The van der Waals surface area contributed by atoms with Crippen LogP contribution < -0.4 is 5.32 Å². The first-order valence-corrected chi connectivity index (χ1v) is 5.01. The van der Waals surface area contributed by atoms with Gasteiger partial charge in [-0.25, -0.2) is 0 Å². The van der Waals surface area contributed by atoms with Gasteiger partial charge in [0.15, 0.2) is 0 Å². The average Bonchev–Trinajstić information content (AvgIpc) is 2.12. The molecule has 0 aliphatic carbocycles. The van der Waals surface area contributed by atoms with Gasteiger partial charge >= 0.3 is 5.97 Å². The van der Waals surface area contributed by atoms with Crippen LogP contribution >= 0.6 is 0 Å². The first kappa shape index (κ1) is 12.4. The SMILES string of the molecule is CCC(CC)NC(C)C(C)C(=O)O. The van der Waals surface area contributed by atoms with E-state index in [0.29, 0.717) is 6.04 Å². The van der Waals surface area contributed by atoms with Crippen LogP contribution in [0.5, 0.6) is 0 Å². The van der Waals surface area contributed by atoms with Crippen molar-refractivity contribution in [3.63, 3.8) is 0 Å². The third kappa shape index (κ3) is 4.27. The minimum absolute atomic E-state index is 0.0439. The monoisotopic (exact) mass is 187 g/mol. The Balaban J connectivity index is 3.97. The highest BCUT2D eigenvalue weighted by Gasteiger charge is 2.20. The number of rotatable bonds is 6. The van der Waals surface area contributed by atoms with E-state index < -0.39 is 5.97 Å². The fourth-order valence-corrected chi connectivity index (χ4v) is 1.25. The van der Waals surface area contributed by atoms with Crippen molar-refractivity contribution in [3.05, 3.63) is 0 Å². The van der Waals surface area contributed by atoms with Crippen molar-refractivity contribution in [3.8, 4) is 0 Å². The summed E-state index contributed by atoms with van der Waals surface area (Å²) < 4.78 is 0. The topological polar surface area (TPSA) is 49.3 Å². The van der Waals surface area contributed by atoms with Crippen LogP contribution in [0.3, 0.4) is 0 Å². The third-order valence-corrected chi connectivity index (χ3v) is 2.62. The molecule has 2 N–H and O–H groups in total. The van der Waals surface area contributed by atoms with Crippen molar-refractivity contribution in [2.45, 2.75) is 52.6 Å². The number of carboxylic acids is 1. The lowest BCUT2D eigenvalue weighted by atomic mass is 10.0. The maximum absolute atomic E-state index is 10.7. The van der Waals surface area contributed by atoms with Crippen LogP contribution in [0.1, 0.15) is 40.5 Å². The summed E-state index contributed by atoms with van der Waals surface area (Å²) in [4.78, 5) is 10.7. The lowest BCUT2D eigenvalue weighted by Crippen LogP contribution is -2.42. The van der Waals surface area contributed by atoms with Gasteiger partial charge < -0.3 is 10.4 Å². The fourth-order valence-electron chi connectivity index (χ4n) is 1.25. The molecule has 0 saturated heterocycles. The second-order valence-electron chi connectivity index (χ2n) is 3.60. The smallest absolute Gasteiger partial charge is 0.307 e. The van der Waals surface area contributed by atoms with Gasteiger partial charge in [-0.1, -0.05) is 20.8 Å². The normalized spacial score (nSPS) is 15.8. The van der Waals surface area contributed by atoms with Gasteiger partial charge in [-0.05, 0) is 19.8 Å². The Morgan fingerprint density at radius 1 is 1.31 bits per heavy atom. The van der Waals surface area contributed by atoms with Crippen molar-refractivity contribution < 1.29 is 9.90 Å². The van der Waals surface area contributed by atoms with Crippen LogP contribution in [0.25, 0.3) is 0 Å². The largest absolute Gasteiger partial charge is 0.481 e. The molecule has 2 unspecified atom stereocenters. The zero-order valence-corrected chi connectivity index (χ0v) is 9.00. The van der Waals surface area contributed by atoms with Crippen LogP contribution in [0, 0.1) is 5.92 Å². The van der Waals surface area contributed by atoms with E-state index in [0.717, 1.165) is 12.8 Å². The van der Waals surface area contributed by atoms with Gasteiger partial charge in [0, 0.05) is 12.1 Å². The van der Waals surface area contributed by atoms with E-state index in [1.807, 2.05) is 6.92 Å². The second kappa shape index (κ2) is 5.97. The molecule has 0 bridgehead atoms. The summed E-state index contributed by atoms with van der Waals surface area (Å²) in [6.45, 7) is 7.89. The predicted molar refractivity (Wildman–Crippen MR) is 53.8 cm³/mol. The van der Waals surface area contributed by atoms with Gasteiger partial charge in [-0.3, -0.25) is 4.79 Å². The zero-order valence-electron chi connectivity index (χ0n) is 9.00. The maximum Gasteiger partial charge on any atom is 0.307 e. The van der Waals surface area contributed by atoms with Crippen molar-refractivity contribution in [2.24, 2.45) is 5.92 Å². The third-order valence-electron chi connectivity index (χ3n) is 2.62. The van der Waals surface area contributed by atoms with Crippen molar-refractivity contribution in [1.29, 1.82) is 0 Å². The summed E-state index contributed by atoms with van der Waals surface area (Å²) in [7, 11) is 0. The molecule has 0 saturated carbocycles. The van der Waals surface area contributed by atoms with Crippen LogP contribution in [0.4, 0.5) is 0 Å². The van der Waals surface area contributed by atoms with Gasteiger partial charge in [0.2, 0.25) is 0 Å². The fraction of sp³-hybridized carbons (Fsp3) is 0.900. The minimum atomic E-state index is -0.731. The Morgan fingerprint density at radius 3 is 2.08 bits per heavy atom. The zero-order chi connectivity index (χ0) is 10.4. The molecule has 13 heavy (non-hydrogen) atoms.